The summed E-state index contributed by atoms with van der Waals surface area (Å²) in [4.78, 5) is 0. The first-order valence-corrected chi connectivity index (χ1v) is 7.34. The van der Waals surface area contributed by atoms with Crippen molar-refractivity contribution in [2.75, 3.05) is 5.32 Å². The Kier molecular flexibility index (Phi) is 4.45. The molecule has 1 unspecified atom stereocenters. The van der Waals surface area contributed by atoms with Gasteiger partial charge in [0.25, 0.3) is 0 Å². The summed E-state index contributed by atoms with van der Waals surface area (Å²) in [5, 5.41) is 3.43. The Bertz CT molecular complexity index is 595. The average molecular weight is 369 g/mol. The van der Waals surface area contributed by atoms with Gasteiger partial charge in [-0.1, -0.05) is 18.2 Å². The molecule has 0 saturated heterocycles. The quantitative estimate of drug-likeness (QED) is 0.732. The molecule has 1 atom stereocenters. The molecular formula is C16H17FIN. The molecule has 0 heterocycles. The minimum absolute atomic E-state index is 0.193. The van der Waals surface area contributed by atoms with E-state index in [1.54, 1.807) is 6.07 Å². The minimum atomic E-state index is -0.200. The van der Waals surface area contributed by atoms with Gasteiger partial charge in [-0.3, -0.25) is 0 Å². The molecule has 1 nitrogen and oxygen atoms in total. The van der Waals surface area contributed by atoms with Crippen molar-refractivity contribution >= 4 is 28.3 Å². The lowest BCUT2D eigenvalue weighted by Gasteiger charge is -2.18. The average Bonchev–Trinajstić information content (AvgIpc) is 2.36. The van der Waals surface area contributed by atoms with E-state index in [1.807, 2.05) is 0 Å². The number of benzene rings is 2. The van der Waals surface area contributed by atoms with Crippen LogP contribution in [0.25, 0.3) is 0 Å². The molecular weight excluding hydrogens is 352 g/mol. The molecule has 0 aliphatic carbocycles. The zero-order valence-electron chi connectivity index (χ0n) is 11.3. The van der Waals surface area contributed by atoms with Gasteiger partial charge in [-0.15, -0.1) is 0 Å². The third kappa shape index (κ3) is 3.47. The van der Waals surface area contributed by atoms with Crippen LogP contribution in [0.1, 0.15) is 29.7 Å². The third-order valence-corrected chi connectivity index (χ3v) is 4.23. The summed E-state index contributed by atoms with van der Waals surface area (Å²) < 4.78 is 14.0. The van der Waals surface area contributed by atoms with Gasteiger partial charge in [0.15, 0.2) is 0 Å². The number of hydrogen-bond acceptors (Lipinski definition) is 1. The Labute approximate surface area is 127 Å². The summed E-state index contributed by atoms with van der Waals surface area (Å²) in [6.07, 6.45) is 0. The van der Waals surface area contributed by atoms with Crippen LogP contribution < -0.4 is 5.32 Å². The summed E-state index contributed by atoms with van der Waals surface area (Å²) >= 11 is 2.15. The third-order valence-electron chi connectivity index (χ3n) is 3.33. The van der Waals surface area contributed by atoms with Crippen molar-refractivity contribution in [3.05, 3.63) is 62.5 Å². The number of nitrogens with one attached hydrogen (secondary N) is 1. The highest BCUT2D eigenvalue weighted by Crippen LogP contribution is 2.25. The summed E-state index contributed by atoms with van der Waals surface area (Å²) in [5.74, 6) is -0.200. The van der Waals surface area contributed by atoms with Gasteiger partial charge in [0.2, 0.25) is 0 Å². The van der Waals surface area contributed by atoms with Crippen molar-refractivity contribution in [2.24, 2.45) is 0 Å². The molecule has 1 N–H and O–H groups in total. The molecule has 0 amide bonds. The maximum atomic E-state index is 13.1. The van der Waals surface area contributed by atoms with Crippen LogP contribution in [-0.2, 0) is 0 Å². The number of hydrogen-bond donors (Lipinski definition) is 1. The molecule has 0 spiro atoms. The Morgan fingerprint density at radius 3 is 2.42 bits per heavy atom. The minimum Gasteiger partial charge on any atom is -0.378 e. The van der Waals surface area contributed by atoms with Crippen molar-refractivity contribution in [3.8, 4) is 0 Å². The van der Waals surface area contributed by atoms with E-state index in [4.69, 9.17) is 0 Å². The molecule has 0 aliphatic rings. The van der Waals surface area contributed by atoms with Crippen LogP contribution in [0.15, 0.2) is 36.4 Å². The van der Waals surface area contributed by atoms with Gasteiger partial charge in [-0.25, -0.2) is 4.39 Å². The van der Waals surface area contributed by atoms with Crippen molar-refractivity contribution in [2.45, 2.75) is 26.8 Å². The van der Waals surface area contributed by atoms with Gasteiger partial charge < -0.3 is 5.32 Å². The molecule has 2 rings (SSSR count). The van der Waals surface area contributed by atoms with Crippen LogP contribution in [0.3, 0.4) is 0 Å². The maximum Gasteiger partial charge on any atom is 0.124 e. The lowest BCUT2D eigenvalue weighted by molar-refractivity contribution is 0.627. The highest BCUT2D eigenvalue weighted by molar-refractivity contribution is 14.1. The molecule has 0 aromatic heterocycles. The second kappa shape index (κ2) is 5.90. The predicted molar refractivity (Wildman–Crippen MR) is 87.1 cm³/mol. The first-order chi connectivity index (χ1) is 8.97. The van der Waals surface area contributed by atoms with Crippen molar-refractivity contribution in [1.82, 2.24) is 0 Å². The van der Waals surface area contributed by atoms with E-state index in [2.05, 4.69) is 66.9 Å². The van der Waals surface area contributed by atoms with E-state index < -0.39 is 0 Å². The second-order valence-electron chi connectivity index (χ2n) is 4.83. The summed E-state index contributed by atoms with van der Waals surface area (Å²) in [6, 6.07) is 11.5. The highest BCUT2D eigenvalue weighted by Gasteiger charge is 2.08. The topological polar surface area (TPSA) is 12.0 Å². The molecule has 0 radical (unpaired) electrons. The Balaban J connectivity index is 2.20. The Morgan fingerprint density at radius 1 is 1.05 bits per heavy atom. The fraction of sp³-hybridized carbons (Fsp3) is 0.250. The molecule has 100 valence electrons. The summed E-state index contributed by atoms with van der Waals surface area (Å²) in [6.45, 7) is 6.34. The zero-order chi connectivity index (χ0) is 14.0. The van der Waals surface area contributed by atoms with Crippen LogP contribution in [0.5, 0.6) is 0 Å². The monoisotopic (exact) mass is 369 g/mol. The van der Waals surface area contributed by atoms with Gasteiger partial charge in [0.1, 0.15) is 5.82 Å². The van der Waals surface area contributed by atoms with Gasteiger partial charge in [0, 0.05) is 15.3 Å². The first-order valence-electron chi connectivity index (χ1n) is 6.26. The normalized spacial score (nSPS) is 12.3. The number of halogens is 2. The number of aryl methyl sites for hydroxylation is 2. The molecule has 0 aliphatic heterocycles. The van der Waals surface area contributed by atoms with E-state index in [1.165, 1.54) is 28.8 Å². The smallest absolute Gasteiger partial charge is 0.124 e. The standard InChI is InChI=1S/C16H17FIN/c1-10-4-5-13(8-11(10)2)12(3)19-16-7-6-14(17)9-15(16)18/h4-9,12,19H,1-3H3. The molecule has 0 fully saturated rings. The largest absolute Gasteiger partial charge is 0.378 e. The van der Waals surface area contributed by atoms with Gasteiger partial charge in [-0.05, 0) is 78.3 Å². The molecule has 0 saturated carbocycles. The SMILES string of the molecule is Cc1ccc(C(C)Nc2ccc(F)cc2I)cc1C. The zero-order valence-corrected chi connectivity index (χ0v) is 13.5. The van der Waals surface area contributed by atoms with Crippen LogP contribution in [0.4, 0.5) is 10.1 Å². The van der Waals surface area contributed by atoms with E-state index in [0.29, 0.717) is 0 Å². The fourth-order valence-corrected chi connectivity index (χ4v) is 2.59. The lowest BCUT2D eigenvalue weighted by atomic mass is 10.0. The van der Waals surface area contributed by atoms with Crippen molar-refractivity contribution in [3.63, 3.8) is 0 Å². The first kappa shape index (κ1) is 14.3. The highest BCUT2D eigenvalue weighted by atomic mass is 127. The summed E-state index contributed by atoms with van der Waals surface area (Å²) in [5.41, 5.74) is 4.79. The predicted octanol–water partition coefficient (Wildman–Crippen LogP) is 5.22. The van der Waals surface area contributed by atoms with Crippen LogP contribution >= 0.6 is 22.6 Å². The number of rotatable bonds is 3. The van der Waals surface area contributed by atoms with Gasteiger partial charge in [0.05, 0.1) is 0 Å². The molecule has 19 heavy (non-hydrogen) atoms. The van der Waals surface area contributed by atoms with Gasteiger partial charge in [-0.2, -0.15) is 0 Å². The van der Waals surface area contributed by atoms with Crippen molar-refractivity contribution < 1.29 is 4.39 Å². The van der Waals surface area contributed by atoms with Crippen LogP contribution in [-0.4, -0.2) is 0 Å². The summed E-state index contributed by atoms with van der Waals surface area (Å²) in [7, 11) is 0. The van der Waals surface area contributed by atoms with Gasteiger partial charge >= 0.3 is 0 Å². The number of anilines is 1. The molecule has 0 bridgehead atoms. The maximum absolute atomic E-state index is 13.1. The van der Waals surface area contributed by atoms with Crippen molar-refractivity contribution in [1.29, 1.82) is 0 Å². The molecule has 3 heteroatoms. The van der Waals surface area contributed by atoms with E-state index >= 15 is 0 Å². The van der Waals surface area contributed by atoms with E-state index in [9.17, 15) is 4.39 Å². The fourth-order valence-electron chi connectivity index (χ4n) is 1.96. The Hall–Kier alpha value is -1.10. The molecule has 2 aromatic carbocycles. The molecule has 2 aromatic rings. The lowest BCUT2D eigenvalue weighted by Crippen LogP contribution is -2.08. The van der Waals surface area contributed by atoms with E-state index in [-0.39, 0.29) is 11.9 Å². The Morgan fingerprint density at radius 2 is 1.79 bits per heavy atom. The van der Waals surface area contributed by atoms with Crippen LogP contribution in [0.2, 0.25) is 0 Å². The van der Waals surface area contributed by atoms with Crippen LogP contribution in [0, 0.1) is 23.2 Å². The van der Waals surface area contributed by atoms with E-state index in [0.717, 1.165) is 9.26 Å². The second-order valence-corrected chi connectivity index (χ2v) is 6.00.